The third-order valence-electron chi connectivity index (χ3n) is 2.44. The van der Waals surface area contributed by atoms with E-state index in [4.69, 9.17) is 9.83 Å². The summed E-state index contributed by atoms with van der Waals surface area (Å²) in [5.74, 6) is 1.12. The molecule has 0 unspecified atom stereocenters. The predicted molar refractivity (Wildman–Crippen MR) is 68.0 cm³/mol. The molecule has 0 radical (unpaired) electrons. The van der Waals surface area contributed by atoms with Gasteiger partial charge >= 0.3 is 0 Å². The molecule has 2 aromatic rings. The number of hydrogen-bond donors (Lipinski definition) is 1. The molecule has 0 aliphatic carbocycles. The lowest BCUT2D eigenvalue weighted by Crippen LogP contribution is -1.81. The Morgan fingerprint density at radius 2 is 2.00 bits per heavy atom. The second-order valence-electron chi connectivity index (χ2n) is 4.12. The third-order valence-corrected chi connectivity index (χ3v) is 2.44. The number of para-hydroxylation sites is 1. The van der Waals surface area contributed by atoms with E-state index in [9.17, 15) is 0 Å². The molecule has 2 nitrogen and oxygen atoms in total. The quantitative estimate of drug-likeness (QED) is 0.766. The average Bonchev–Trinajstić information content (AvgIpc) is 2.64. The van der Waals surface area contributed by atoms with Crippen molar-refractivity contribution in [3.05, 3.63) is 41.7 Å². The van der Waals surface area contributed by atoms with Crippen molar-refractivity contribution in [2.45, 2.75) is 13.8 Å². The summed E-state index contributed by atoms with van der Waals surface area (Å²) in [7, 11) is 0. The molecule has 0 amide bonds. The van der Waals surface area contributed by atoms with Crippen molar-refractivity contribution in [2.24, 2.45) is 5.92 Å². The van der Waals surface area contributed by atoms with Gasteiger partial charge in [-0.2, -0.15) is 0 Å². The molecule has 0 saturated carbocycles. The number of allylic oxidation sites excluding steroid dienone is 1. The van der Waals surface area contributed by atoms with Gasteiger partial charge in [0.1, 0.15) is 5.58 Å². The summed E-state index contributed by atoms with van der Waals surface area (Å²) in [6.07, 6.45) is 5.42. The van der Waals surface area contributed by atoms with Crippen molar-refractivity contribution in [3.8, 4) is 0 Å². The lowest BCUT2D eigenvalue weighted by molar-refractivity contribution is 0.606. The maximum absolute atomic E-state index is 7.35. The van der Waals surface area contributed by atoms with Gasteiger partial charge in [-0.05, 0) is 12.0 Å². The molecule has 0 aliphatic heterocycles. The van der Waals surface area contributed by atoms with Crippen LogP contribution in [0.25, 0.3) is 17.0 Å². The minimum absolute atomic E-state index is 0.493. The minimum atomic E-state index is 0.493. The van der Waals surface area contributed by atoms with Crippen LogP contribution in [0.4, 0.5) is 0 Å². The van der Waals surface area contributed by atoms with Gasteiger partial charge in [-0.25, -0.2) is 0 Å². The topological polar surface area (TPSA) is 37.0 Å². The highest BCUT2D eigenvalue weighted by Crippen LogP contribution is 2.26. The average molecular weight is 213 g/mol. The Morgan fingerprint density at radius 1 is 1.25 bits per heavy atom. The van der Waals surface area contributed by atoms with E-state index in [1.54, 1.807) is 0 Å². The van der Waals surface area contributed by atoms with Gasteiger partial charge in [-0.1, -0.05) is 44.2 Å². The van der Waals surface area contributed by atoms with Crippen LogP contribution >= 0.6 is 0 Å². The van der Waals surface area contributed by atoms with Crippen LogP contribution in [0.3, 0.4) is 0 Å². The predicted octanol–water partition coefficient (Wildman–Crippen LogP) is 4.10. The number of hydrogen-bond acceptors (Lipinski definition) is 2. The van der Waals surface area contributed by atoms with Crippen molar-refractivity contribution in [2.75, 3.05) is 0 Å². The second-order valence-corrected chi connectivity index (χ2v) is 4.12. The zero-order valence-electron chi connectivity index (χ0n) is 9.53. The Hall–Kier alpha value is -1.83. The zero-order valence-corrected chi connectivity index (χ0v) is 9.53. The molecule has 0 bridgehead atoms. The molecule has 1 aromatic heterocycles. The van der Waals surface area contributed by atoms with Crippen molar-refractivity contribution < 1.29 is 4.42 Å². The fourth-order valence-electron chi connectivity index (χ4n) is 1.65. The Kier molecular flexibility index (Phi) is 2.91. The number of benzene rings is 1. The second kappa shape index (κ2) is 4.35. The van der Waals surface area contributed by atoms with Crippen molar-refractivity contribution >= 4 is 23.3 Å². The Labute approximate surface area is 95.1 Å². The smallest absolute Gasteiger partial charge is 0.152 e. The first-order valence-corrected chi connectivity index (χ1v) is 5.42. The van der Waals surface area contributed by atoms with Crippen molar-refractivity contribution in [1.82, 2.24) is 0 Å². The molecule has 0 aliphatic rings. The normalized spacial score (nSPS) is 11.7. The molecule has 1 aromatic carbocycles. The molecule has 0 spiro atoms. The summed E-state index contributed by atoms with van der Waals surface area (Å²) in [6.45, 7) is 4.26. The molecule has 0 saturated heterocycles. The van der Waals surface area contributed by atoms with Crippen LogP contribution < -0.4 is 0 Å². The van der Waals surface area contributed by atoms with Gasteiger partial charge in [-0.15, -0.1) is 0 Å². The van der Waals surface area contributed by atoms with E-state index >= 15 is 0 Å². The van der Waals surface area contributed by atoms with Gasteiger partial charge in [0.2, 0.25) is 0 Å². The lowest BCUT2D eigenvalue weighted by Gasteiger charge is -1.94. The standard InChI is InChI=1S/C14H15NO/c1-10(2)7-8-12-11-5-3-4-6-13(11)16-14(12)9-15/h3-10,15H,1-2H3. The Bertz CT molecular complexity index is 535. The van der Waals surface area contributed by atoms with Gasteiger partial charge in [0.15, 0.2) is 5.76 Å². The SMILES string of the molecule is CC(C)C=Cc1c(C=N)oc2ccccc12. The van der Waals surface area contributed by atoms with E-state index in [1.165, 1.54) is 6.21 Å². The van der Waals surface area contributed by atoms with Crippen LogP contribution in [0.5, 0.6) is 0 Å². The van der Waals surface area contributed by atoms with Gasteiger partial charge in [0, 0.05) is 10.9 Å². The molecular formula is C14H15NO. The van der Waals surface area contributed by atoms with E-state index in [-0.39, 0.29) is 0 Å². The first kappa shape index (κ1) is 10.7. The zero-order chi connectivity index (χ0) is 11.5. The highest BCUT2D eigenvalue weighted by atomic mass is 16.3. The largest absolute Gasteiger partial charge is 0.454 e. The van der Waals surface area contributed by atoms with Crippen LogP contribution in [-0.2, 0) is 0 Å². The summed E-state index contributed by atoms with van der Waals surface area (Å²) < 4.78 is 5.59. The number of furan rings is 1. The fourth-order valence-corrected chi connectivity index (χ4v) is 1.65. The van der Waals surface area contributed by atoms with E-state index in [0.29, 0.717) is 11.7 Å². The van der Waals surface area contributed by atoms with E-state index in [0.717, 1.165) is 16.5 Å². The first-order chi connectivity index (χ1) is 7.72. The molecule has 0 atom stereocenters. The molecular weight excluding hydrogens is 198 g/mol. The highest BCUT2D eigenvalue weighted by Gasteiger charge is 2.08. The van der Waals surface area contributed by atoms with Crippen LogP contribution in [-0.4, -0.2) is 6.21 Å². The molecule has 0 fully saturated rings. The molecule has 2 rings (SSSR count). The first-order valence-electron chi connectivity index (χ1n) is 5.42. The molecule has 82 valence electrons. The van der Waals surface area contributed by atoms with Crippen LogP contribution in [0.15, 0.2) is 34.8 Å². The summed E-state index contributed by atoms with van der Waals surface area (Å²) in [5, 5.41) is 8.42. The monoisotopic (exact) mass is 213 g/mol. The van der Waals surface area contributed by atoms with E-state index < -0.39 is 0 Å². The molecule has 1 heterocycles. The number of fused-ring (bicyclic) bond motifs is 1. The third kappa shape index (κ3) is 1.91. The van der Waals surface area contributed by atoms with E-state index in [1.807, 2.05) is 30.3 Å². The Morgan fingerprint density at radius 3 is 2.69 bits per heavy atom. The van der Waals surface area contributed by atoms with Gasteiger partial charge in [-0.3, -0.25) is 0 Å². The number of nitrogens with one attached hydrogen (secondary N) is 1. The van der Waals surface area contributed by atoms with Crippen LogP contribution in [0.1, 0.15) is 25.2 Å². The maximum atomic E-state index is 7.35. The van der Waals surface area contributed by atoms with Crippen molar-refractivity contribution in [1.29, 1.82) is 5.41 Å². The van der Waals surface area contributed by atoms with Crippen LogP contribution in [0, 0.1) is 11.3 Å². The summed E-state index contributed by atoms with van der Waals surface area (Å²) >= 11 is 0. The Balaban J connectivity index is 2.60. The summed E-state index contributed by atoms with van der Waals surface area (Å²) in [4.78, 5) is 0. The van der Waals surface area contributed by atoms with Gasteiger partial charge in [0.05, 0.1) is 6.21 Å². The molecule has 16 heavy (non-hydrogen) atoms. The number of rotatable bonds is 3. The highest BCUT2D eigenvalue weighted by molar-refractivity contribution is 5.95. The molecule has 2 heteroatoms. The van der Waals surface area contributed by atoms with Gasteiger partial charge in [0.25, 0.3) is 0 Å². The molecule has 1 N–H and O–H groups in total. The van der Waals surface area contributed by atoms with Crippen molar-refractivity contribution in [3.63, 3.8) is 0 Å². The summed E-state index contributed by atoms with van der Waals surface area (Å²) in [5.41, 5.74) is 1.84. The maximum Gasteiger partial charge on any atom is 0.152 e. The lowest BCUT2D eigenvalue weighted by atomic mass is 10.1. The summed E-state index contributed by atoms with van der Waals surface area (Å²) in [6, 6.07) is 7.87. The minimum Gasteiger partial charge on any atom is -0.454 e. The van der Waals surface area contributed by atoms with Gasteiger partial charge < -0.3 is 9.83 Å². The van der Waals surface area contributed by atoms with Crippen LogP contribution in [0.2, 0.25) is 0 Å². The fraction of sp³-hybridized carbons (Fsp3) is 0.214. The van der Waals surface area contributed by atoms with E-state index in [2.05, 4.69) is 19.9 Å².